The summed E-state index contributed by atoms with van der Waals surface area (Å²) in [5.74, 6) is 1.12. The largest absolute Gasteiger partial charge is 0.298 e. The fourth-order valence-electron chi connectivity index (χ4n) is 1.49. The average molecular weight is 248 g/mol. The molecule has 0 aromatic heterocycles. The summed E-state index contributed by atoms with van der Waals surface area (Å²) in [4.78, 5) is 0. The average Bonchev–Trinajstić information content (AvgIpc) is 2.56. The van der Waals surface area contributed by atoms with Crippen LogP contribution in [-0.4, -0.2) is 11.8 Å². The lowest BCUT2D eigenvalue weighted by atomic mass is 10.2. The van der Waals surface area contributed by atoms with Crippen LogP contribution in [-0.2, 0) is 0 Å². The van der Waals surface area contributed by atoms with Crippen molar-refractivity contribution < 1.29 is 0 Å². The van der Waals surface area contributed by atoms with Gasteiger partial charge in [0.1, 0.15) is 0 Å². The molecule has 0 radical (unpaired) electrons. The zero-order valence-electron chi connectivity index (χ0n) is 7.76. The van der Waals surface area contributed by atoms with E-state index in [4.69, 9.17) is 23.2 Å². The highest BCUT2D eigenvalue weighted by Gasteiger charge is 2.24. The zero-order chi connectivity index (χ0) is 10.1. The van der Waals surface area contributed by atoms with E-state index in [2.05, 4.69) is 12.2 Å². The van der Waals surface area contributed by atoms with E-state index in [-0.39, 0.29) is 5.37 Å². The first-order chi connectivity index (χ1) is 6.66. The number of benzene rings is 1. The van der Waals surface area contributed by atoms with E-state index in [0.717, 1.165) is 21.4 Å². The summed E-state index contributed by atoms with van der Waals surface area (Å²) >= 11 is 13.9. The molecular weight excluding hydrogens is 237 g/mol. The first-order valence-electron chi connectivity index (χ1n) is 4.49. The number of hydrogen-bond acceptors (Lipinski definition) is 2. The van der Waals surface area contributed by atoms with Crippen LogP contribution in [0.1, 0.15) is 17.9 Å². The van der Waals surface area contributed by atoms with Crippen molar-refractivity contribution in [2.45, 2.75) is 18.3 Å². The molecule has 1 saturated heterocycles. The second kappa shape index (κ2) is 4.31. The van der Waals surface area contributed by atoms with E-state index in [1.165, 1.54) is 0 Å². The van der Waals surface area contributed by atoms with Gasteiger partial charge in [0.25, 0.3) is 0 Å². The molecule has 2 atom stereocenters. The minimum Gasteiger partial charge on any atom is -0.298 e. The first-order valence-corrected chi connectivity index (χ1v) is 6.30. The molecule has 1 N–H and O–H groups in total. The number of halogens is 2. The predicted molar refractivity (Wildman–Crippen MR) is 64.3 cm³/mol. The van der Waals surface area contributed by atoms with Gasteiger partial charge in [0.15, 0.2) is 0 Å². The van der Waals surface area contributed by atoms with Crippen molar-refractivity contribution in [3.63, 3.8) is 0 Å². The maximum absolute atomic E-state index is 6.11. The van der Waals surface area contributed by atoms with Crippen molar-refractivity contribution in [1.82, 2.24) is 5.32 Å². The Morgan fingerprint density at radius 1 is 1.43 bits per heavy atom. The molecule has 14 heavy (non-hydrogen) atoms. The molecule has 1 aliphatic rings. The maximum atomic E-state index is 6.11. The second-order valence-electron chi connectivity index (χ2n) is 3.45. The van der Waals surface area contributed by atoms with Gasteiger partial charge in [0, 0.05) is 21.8 Å². The Morgan fingerprint density at radius 3 is 2.86 bits per heavy atom. The quantitative estimate of drug-likeness (QED) is 0.812. The maximum Gasteiger partial charge on any atom is 0.0807 e. The molecule has 1 fully saturated rings. The van der Waals surface area contributed by atoms with Gasteiger partial charge in [-0.2, -0.15) is 0 Å². The topological polar surface area (TPSA) is 12.0 Å². The van der Waals surface area contributed by atoms with Crippen molar-refractivity contribution in [3.05, 3.63) is 33.8 Å². The fraction of sp³-hybridized carbons (Fsp3) is 0.400. The van der Waals surface area contributed by atoms with Crippen LogP contribution in [0.2, 0.25) is 10.0 Å². The third kappa shape index (κ3) is 2.19. The molecule has 0 saturated carbocycles. The van der Waals surface area contributed by atoms with Crippen molar-refractivity contribution in [1.29, 1.82) is 0 Å². The van der Waals surface area contributed by atoms with E-state index < -0.39 is 0 Å². The third-order valence-corrected chi connectivity index (χ3v) is 4.18. The summed E-state index contributed by atoms with van der Waals surface area (Å²) in [6.07, 6.45) is 0. The Morgan fingerprint density at radius 2 is 2.21 bits per heavy atom. The van der Waals surface area contributed by atoms with Crippen LogP contribution in [0.3, 0.4) is 0 Å². The van der Waals surface area contributed by atoms with Gasteiger partial charge < -0.3 is 0 Å². The van der Waals surface area contributed by atoms with Gasteiger partial charge in [-0.15, -0.1) is 11.8 Å². The lowest BCUT2D eigenvalue weighted by molar-refractivity contribution is 0.618. The highest BCUT2D eigenvalue weighted by Crippen LogP contribution is 2.37. The second-order valence-corrected chi connectivity index (χ2v) is 5.43. The molecular formula is C10H11Cl2NS. The molecule has 0 spiro atoms. The van der Waals surface area contributed by atoms with E-state index in [1.54, 1.807) is 0 Å². The summed E-state index contributed by atoms with van der Waals surface area (Å²) in [6.45, 7) is 2.17. The summed E-state index contributed by atoms with van der Waals surface area (Å²) in [5, 5.41) is 5.27. The SMILES string of the molecule is CC1CSC(c2cc(Cl)ccc2Cl)N1. The molecule has 1 heterocycles. The summed E-state index contributed by atoms with van der Waals surface area (Å²) in [7, 11) is 0. The summed E-state index contributed by atoms with van der Waals surface area (Å²) in [6, 6.07) is 6.15. The van der Waals surface area contributed by atoms with Gasteiger partial charge in [0.05, 0.1) is 5.37 Å². The number of nitrogens with one attached hydrogen (secondary N) is 1. The summed E-state index contributed by atoms with van der Waals surface area (Å²) < 4.78 is 0. The molecule has 1 aliphatic heterocycles. The normalized spacial score (nSPS) is 26.8. The Kier molecular flexibility index (Phi) is 3.27. The molecule has 0 bridgehead atoms. The molecule has 1 aromatic rings. The van der Waals surface area contributed by atoms with Crippen LogP contribution < -0.4 is 5.32 Å². The lowest BCUT2D eigenvalue weighted by Crippen LogP contribution is -2.22. The van der Waals surface area contributed by atoms with Crippen molar-refractivity contribution in [2.75, 3.05) is 5.75 Å². The van der Waals surface area contributed by atoms with Gasteiger partial charge in [-0.3, -0.25) is 5.32 Å². The molecule has 1 aromatic carbocycles. The highest BCUT2D eigenvalue weighted by atomic mass is 35.5. The zero-order valence-corrected chi connectivity index (χ0v) is 10.1. The van der Waals surface area contributed by atoms with Gasteiger partial charge in [-0.25, -0.2) is 0 Å². The van der Waals surface area contributed by atoms with Crippen LogP contribution in [0.15, 0.2) is 18.2 Å². The molecule has 0 amide bonds. The predicted octanol–water partition coefficient (Wildman–Crippen LogP) is 3.72. The Bertz CT molecular complexity index is 343. The number of hydrogen-bond donors (Lipinski definition) is 1. The van der Waals surface area contributed by atoms with Crippen LogP contribution in [0.5, 0.6) is 0 Å². The van der Waals surface area contributed by atoms with Crippen LogP contribution in [0.4, 0.5) is 0 Å². The van der Waals surface area contributed by atoms with Gasteiger partial charge in [-0.1, -0.05) is 23.2 Å². The van der Waals surface area contributed by atoms with E-state index in [1.807, 2.05) is 30.0 Å². The molecule has 76 valence electrons. The van der Waals surface area contributed by atoms with E-state index in [9.17, 15) is 0 Å². The monoisotopic (exact) mass is 247 g/mol. The minimum absolute atomic E-state index is 0.288. The standard InChI is InChI=1S/C10H11Cl2NS/c1-6-5-14-10(13-6)8-4-7(11)2-3-9(8)12/h2-4,6,10,13H,5H2,1H3. The van der Waals surface area contributed by atoms with E-state index in [0.29, 0.717) is 6.04 Å². The smallest absolute Gasteiger partial charge is 0.0807 e. The molecule has 4 heteroatoms. The molecule has 2 unspecified atom stereocenters. The Labute approximate surface area is 98.2 Å². The minimum atomic E-state index is 0.288. The fourth-order valence-corrected chi connectivity index (χ4v) is 3.24. The van der Waals surface area contributed by atoms with Gasteiger partial charge in [0.2, 0.25) is 0 Å². The number of thioether (sulfide) groups is 1. The van der Waals surface area contributed by atoms with Crippen LogP contribution in [0, 0.1) is 0 Å². The summed E-state index contributed by atoms with van der Waals surface area (Å²) in [5.41, 5.74) is 1.09. The van der Waals surface area contributed by atoms with Crippen molar-refractivity contribution in [2.24, 2.45) is 0 Å². The first kappa shape index (κ1) is 10.6. The lowest BCUT2D eigenvalue weighted by Gasteiger charge is -2.13. The molecule has 2 rings (SSSR count). The van der Waals surface area contributed by atoms with Crippen LogP contribution in [0.25, 0.3) is 0 Å². The Hall–Kier alpha value is 0.110. The van der Waals surface area contributed by atoms with Crippen molar-refractivity contribution in [3.8, 4) is 0 Å². The molecule has 1 nitrogen and oxygen atoms in total. The molecule has 0 aliphatic carbocycles. The van der Waals surface area contributed by atoms with E-state index >= 15 is 0 Å². The van der Waals surface area contributed by atoms with Gasteiger partial charge >= 0.3 is 0 Å². The van der Waals surface area contributed by atoms with Crippen molar-refractivity contribution >= 4 is 35.0 Å². The Balaban J connectivity index is 2.27. The highest BCUT2D eigenvalue weighted by molar-refractivity contribution is 7.99. The number of rotatable bonds is 1. The third-order valence-electron chi connectivity index (χ3n) is 2.19. The van der Waals surface area contributed by atoms with Crippen LogP contribution >= 0.6 is 35.0 Å². The van der Waals surface area contributed by atoms with Gasteiger partial charge in [-0.05, 0) is 30.7 Å².